The van der Waals surface area contributed by atoms with Crippen molar-refractivity contribution in [1.82, 2.24) is 5.32 Å². The number of alkyl carbamates (subject to hydrolysis) is 1. The zero-order valence-corrected chi connectivity index (χ0v) is 8.13. The Labute approximate surface area is 81.1 Å². The fourth-order valence-electron chi connectivity index (χ4n) is 0.956. The minimum absolute atomic E-state index is 0.320. The summed E-state index contributed by atoms with van der Waals surface area (Å²) in [4.78, 5) is 11.2. The lowest BCUT2D eigenvalue weighted by atomic mass is 10.2. The second kappa shape index (κ2) is 3.54. The van der Waals surface area contributed by atoms with Crippen molar-refractivity contribution < 1.29 is 17.4 Å². The van der Waals surface area contributed by atoms with Gasteiger partial charge in [-0.25, -0.2) is 4.79 Å². The van der Waals surface area contributed by atoms with Crippen LogP contribution in [0, 0.1) is 5.92 Å². The van der Waals surface area contributed by atoms with Crippen LogP contribution in [0.2, 0.25) is 0 Å². The Kier molecular flexibility index (Phi) is 2.07. The molecule has 1 rings (SSSR count). The van der Waals surface area contributed by atoms with Gasteiger partial charge in [0, 0.05) is 18.5 Å². The molecule has 2 N–H and O–H groups in total. The van der Waals surface area contributed by atoms with Crippen LogP contribution in [0.4, 0.5) is 4.79 Å². The Hall–Kier alpha value is -0.770. The Balaban J connectivity index is 2.31. The third-order valence-corrected chi connectivity index (χ3v) is 1.66. The molecule has 76 valence electrons. The molecule has 2 atom stereocenters. The smallest absolute Gasteiger partial charge is 0.407 e. The number of hydrogen-bond acceptors (Lipinski definition) is 3. The molecule has 4 heteroatoms. The second-order valence-corrected chi connectivity index (χ2v) is 4.22. The summed E-state index contributed by atoms with van der Waals surface area (Å²) in [5.41, 5.74) is -0.563. The van der Waals surface area contributed by atoms with E-state index in [4.69, 9.17) is 12.6 Å². The van der Waals surface area contributed by atoms with Crippen molar-refractivity contribution in [3.8, 4) is 0 Å². The Bertz CT molecular complexity index is 257. The van der Waals surface area contributed by atoms with E-state index in [2.05, 4.69) is 5.32 Å². The number of rotatable bonds is 2. The van der Waals surface area contributed by atoms with Crippen LogP contribution in [0.1, 0.15) is 29.9 Å². The van der Waals surface area contributed by atoms with Gasteiger partial charge >= 0.3 is 6.09 Å². The molecule has 0 aliphatic heterocycles. The third kappa shape index (κ3) is 3.63. The number of carbonyl (C=O) groups is 1. The van der Waals surface area contributed by atoms with E-state index < -0.39 is 24.2 Å². The van der Waals surface area contributed by atoms with Gasteiger partial charge in [-0.15, -0.1) is 0 Å². The van der Waals surface area contributed by atoms with Gasteiger partial charge in [0.05, 0.1) is 2.74 Å². The van der Waals surface area contributed by atoms with Crippen molar-refractivity contribution in [3.63, 3.8) is 0 Å². The molecule has 0 bridgehead atoms. The molecule has 1 aliphatic carbocycles. The molecule has 0 heterocycles. The molecule has 0 aromatic rings. The maximum atomic E-state index is 11.2. The zero-order valence-electron chi connectivity index (χ0n) is 10.1. The Morgan fingerprint density at radius 2 is 2.38 bits per heavy atom. The molecule has 13 heavy (non-hydrogen) atoms. The molecule has 1 aliphatic rings. The van der Waals surface area contributed by atoms with Crippen LogP contribution in [0.5, 0.6) is 0 Å². The van der Waals surface area contributed by atoms with E-state index in [0.29, 0.717) is 6.42 Å². The number of ether oxygens (including phenoxy) is 1. The first-order valence-electron chi connectivity index (χ1n) is 5.31. The van der Waals surface area contributed by atoms with Gasteiger partial charge in [0.2, 0.25) is 0 Å². The van der Waals surface area contributed by atoms with Gasteiger partial charge in [-0.2, -0.15) is 0 Å². The van der Waals surface area contributed by atoms with Crippen LogP contribution in [0.3, 0.4) is 0 Å². The number of hydrogen-bond donors (Lipinski definition) is 2. The summed E-state index contributed by atoms with van der Waals surface area (Å²) in [6.07, 6.45) is -0.123. The minimum Gasteiger partial charge on any atom is -0.444 e. The topological polar surface area (TPSA) is 58.6 Å². The van der Waals surface area contributed by atoms with E-state index in [9.17, 15) is 4.79 Å². The first-order chi connectivity index (χ1) is 6.59. The number of carbonyl (C=O) groups excluding carboxylic acids is 1. The van der Waals surface area contributed by atoms with E-state index >= 15 is 0 Å². The van der Waals surface area contributed by atoms with Crippen molar-refractivity contribution in [2.75, 3.05) is 6.56 Å². The monoisotopic (exact) mass is 189 g/mol. The molecule has 4 nitrogen and oxygen atoms in total. The molecule has 0 unspecified atom stereocenters. The Morgan fingerprint density at radius 3 is 2.77 bits per heavy atom. The molecule has 0 radical (unpaired) electrons. The van der Waals surface area contributed by atoms with Crippen LogP contribution in [0.15, 0.2) is 0 Å². The number of amides is 1. The fraction of sp³-hybridized carbons (Fsp3) is 0.889. The summed E-state index contributed by atoms with van der Waals surface area (Å²) in [6, 6.07) is -0.320. The summed E-state index contributed by atoms with van der Waals surface area (Å²) >= 11 is 0. The highest BCUT2D eigenvalue weighted by molar-refractivity contribution is 5.68. The summed E-state index contributed by atoms with van der Waals surface area (Å²) in [5, 5.41) is 11.5. The van der Waals surface area contributed by atoms with Gasteiger partial charge in [-0.1, -0.05) is 0 Å². The molecule has 1 saturated carbocycles. The predicted octanol–water partition coefficient (Wildman–Crippen LogP) is 0.892. The van der Waals surface area contributed by atoms with Gasteiger partial charge in [-0.05, 0) is 27.2 Å². The van der Waals surface area contributed by atoms with E-state index in [-0.39, 0.29) is 6.04 Å². The first kappa shape index (κ1) is 7.62. The molecule has 1 fully saturated rings. The van der Waals surface area contributed by atoms with E-state index in [1.165, 1.54) is 0 Å². The van der Waals surface area contributed by atoms with E-state index in [1.807, 2.05) is 0 Å². The lowest BCUT2D eigenvalue weighted by Crippen LogP contribution is -2.34. The van der Waals surface area contributed by atoms with Gasteiger partial charge in [0.1, 0.15) is 5.60 Å². The van der Waals surface area contributed by atoms with Crippen molar-refractivity contribution >= 4 is 6.09 Å². The van der Waals surface area contributed by atoms with Gasteiger partial charge in [-0.3, -0.25) is 0 Å². The predicted molar refractivity (Wildman–Crippen MR) is 48.4 cm³/mol. The standard InChI is InChI=1S/C9H17NO3/c1-9(2,3)13-8(12)10-7-4-6(7)5-11/h6-7,11H,4-5H2,1-3H3,(H,10,12)/t6-,7+/m0/s1/i5D2. The van der Waals surface area contributed by atoms with Crippen molar-refractivity contribution in [3.05, 3.63) is 0 Å². The average molecular weight is 189 g/mol. The maximum Gasteiger partial charge on any atom is 0.407 e. The van der Waals surface area contributed by atoms with Crippen LogP contribution in [-0.4, -0.2) is 29.4 Å². The SMILES string of the molecule is [2H]C([2H])(O)[C@@H]1C[C@H]1NC(=O)OC(C)(C)C. The zero-order chi connectivity index (χ0) is 11.9. The van der Waals surface area contributed by atoms with Gasteiger partial charge in [0.25, 0.3) is 0 Å². The second-order valence-electron chi connectivity index (χ2n) is 4.22. The van der Waals surface area contributed by atoms with Crippen LogP contribution < -0.4 is 5.32 Å². The summed E-state index contributed by atoms with van der Waals surface area (Å²) in [6.45, 7) is 3.03. The van der Waals surface area contributed by atoms with Crippen LogP contribution in [0.25, 0.3) is 0 Å². The molecule has 0 aromatic carbocycles. The fourth-order valence-corrected chi connectivity index (χ4v) is 0.956. The summed E-state index contributed by atoms with van der Waals surface area (Å²) in [7, 11) is 0. The lowest BCUT2D eigenvalue weighted by molar-refractivity contribution is 0.0519. The lowest BCUT2D eigenvalue weighted by Gasteiger charge is -2.19. The summed E-state index contributed by atoms with van der Waals surface area (Å²) < 4.78 is 19.1. The Morgan fingerprint density at radius 1 is 1.77 bits per heavy atom. The third-order valence-electron chi connectivity index (χ3n) is 1.66. The molecular formula is C9H17NO3. The molecule has 1 amide bonds. The average Bonchev–Trinajstić information content (AvgIpc) is 2.59. The quantitative estimate of drug-likeness (QED) is 0.678. The summed E-state index contributed by atoms with van der Waals surface area (Å²) in [5.74, 6) is -0.523. The highest BCUT2D eigenvalue weighted by atomic mass is 16.6. The maximum absolute atomic E-state index is 11.2. The van der Waals surface area contributed by atoms with Crippen molar-refractivity contribution in [1.29, 1.82) is 0 Å². The van der Waals surface area contributed by atoms with Crippen LogP contribution in [-0.2, 0) is 4.74 Å². The van der Waals surface area contributed by atoms with E-state index in [0.717, 1.165) is 0 Å². The van der Waals surface area contributed by atoms with Crippen LogP contribution >= 0.6 is 0 Å². The first-order valence-corrected chi connectivity index (χ1v) is 4.31. The van der Waals surface area contributed by atoms with Gasteiger partial charge in [0.15, 0.2) is 0 Å². The molecule has 0 saturated heterocycles. The van der Waals surface area contributed by atoms with Crippen molar-refractivity contribution in [2.45, 2.75) is 38.8 Å². The number of nitrogens with one attached hydrogen (secondary N) is 1. The van der Waals surface area contributed by atoms with E-state index in [1.54, 1.807) is 20.8 Å². The highest BCUT2D eigenvalue weighted by Gasteiger charge is 2.38. The number of aliphatic hydroxyl groups is 1. The normalized spacial score (nSPS) is 30.2. The van der Waals surface area contributed by atoms with Crippen molar-refractivity contribution in [2.24, 2.45) is 5.92 Å². The molecule has 0 aromatic heterocycles. The molecule has 0 spiro atoms. The van der Waals surface area contributed by atoms with Gasteiger partial charge < -0.3 is 15.2 Å². The molecular weight excluding hydrogens is 170 g/mol. The minimum atomic E-state index is -2.22. The highest BCUT2D eigenvalue weighted by Crippen LogP contribution is 2.29. The largest absolute Gasteiger partial charge is 0.444 e.